The summed E-state index contributed by atoms with van der Waals surface area (Å²) >= 11 is 0. The third kappa shape index (κ3) is 3.03. The fraction of sp³-hybridized carbons (Fsp3) is 1.00. The molecule has 2 N–H and O–H groups in total. The molecular formula is C15H30N2. The van der Waals surface area contributed by atoms with E-state index in [1.54, 1.807) is 0 Å². The number of rotatable bonds is 3. The van der Waals surface area contributed by atoms with Crippen LogP contribution in [0.5, 0.6) is 0 Å². The van der Waals surface area contributed by atoms with E-state index < -0.39 is 0 Å². The van der Waals surface area contributed by atoms with Crippen LogP contribution in [0, 0.1) is 17.3 Å². The lowest BCUT2D eigenvalue weighted by molar-refractivity contribution is 0.0904. The van der Waals surface area contributed by atoms with Crippen LogP contribution in [-0.2, 0) is 0 Å². The second kappa shape index (κ2) is 5.27. The molecule has 0 spiro atoms. The van der Waals surface area contributed by atoms with Crippen molar-refractivity contribution in [3.05, 3.63) is 0 Å². The van der Waals surface area contributed by atoms with Gasteiger partial charge in [0.05, 0.1) is 0 Å². The van der Waals surface area contributed by atoms with Gasteiger partial charge in [0, 0.05) is 19.1 Å². The predicted molar refractivity (Wildman–Crippen MR) is 73.9 cm³/mol. The van der Waals surface area contributed by atoms with Crippen LogP contribution in [0.2, 0.25) is 0 Å². The first-order chi connectivity index (χ1) is 8.04. The molecule has 17 heavy (non-hydrogen) atoms. The number of nitrogens with two attached hydrogens (primary N) is 1. The molecule has 1 aliphatic heterocycles. The van der Waals surface area contributed by atoms with E-state index in [1.807, 2.05) is 0 Å². The zero-order valence-electron chi connectivity index (χ0n) is 11.9. The van der Waals surface area contributed by atoms with Crippen LogP contribution in [0.25, 0.3) is 0 Å². The van der Waals surface area contributed by atoms with Crippen molar-refractivity contribution < 1.29 is 0 Å². The molecule has 1 heterocycles. The molecule has 2 unspecified atom stereocenters. The minimum absolute atomic E-state index is 0.435. The molecule has 2 nitrogen and oxygen atoms in total. The van der Waals surface area contributed by atoms with Crippen molar-refractivity contribution in [2.24, 2.45) is 23.0 Å². The molecule has 0 radical (unpaired) electrons. The van der Waals surface area contributed by atoms with Crippen molar-refractivity contribution in [2.75, 3.05) is 19.6 Å². The van der Waals surface area contributed by atoms with E-state index >= 15 is 0 Å². The molecule has 0 aromatic rings. The first-order valence-corrected chi connectivity index (χ1v) is 7.49. The van der Waals surface area contributed by atoms with Crippen LogP contribution >= 0.6 is 0 Å². The van der Waals surface area contributed by atoms with Gasteiger partial charge in [-0.1, -0.05) is 26.7 Å². The fourth-order valence-electron chi connectivity index (χ4n) is 3.84. The average molecular weight is 238 g/mol. The van der Waals surface area contributed by atoms with Crippen LogP contribution < -0.4 is 5.73 Å². The van der Waals surface area contributed by atoms with E-state index in [-0.39, 0.29) is 0 Å². The number of nitrogens with zero attached hydrogens (tertiary/aromatic N) is 1. The number of hydrogen-bond acceptors (Lipinski definition) is 2. The Labute approximate surface area is 107 Å². The zero-order chi connectivity index (χ0) is 12.5. The summed E-state index contributed by atoms with van der Waals surface area (Å²) in [6.45, 7) is 10.6. The molecule has 100 valence electrons. The molecule has 1 aliphatic carbocycles. The summed E-state index contributed by atoms with van der Waals surface area (Å²) in [7, 11) is 0. The molecule has 2 rings (SSSR count). The molecule has 0 amide bonds. The van der Waals surface area contributed by atoms with Gasteiger partial charge in [0.25, 0.3) is 0 Å². The Morgan fingerprint density at radius 1 is 1.12 bits per heavy atom. The molecule has 2 heteroatoms. The van der Waals surface area contributed by atoms with Gasteiger partial charge in [-0.25, -0.2) is 0 Å². The molecule has 1 saturated heterocycles. The van der Waals surface area contributed by atoms with Crippen LogP contribution in [0.3, 0.4) is 0 Å². The maximum atomic E-state index is 6.12. The van der Waals surface area contributed by atoms with Crippen molar-refractivity contribution in [1.82, 2.24) is 4.90 Å². The van der Waals surface area contributed by atoms with E-state index in [2.05, 4.69) is 25.7 Å². The van der Waals surface area contributed by atoms with Gasteiger partial charge in [-0.15, -0.1) is 0 Å². The van der Waals surface area contributed by atoms with Crippen LogP contribution in [0.1, 0.15) is 52.9 Å². The lowest BCUT2D eigenvalue weighted by Crippen LogP contribution is -2.45. The van der Waals surface area contributed by atoms with Gasteiger partial charge in [-0.3, -0.25) is 4.90 Å². The SMILES string of the molecule is CC1CCC(CN)(CN2CC(C)CC2C)CC1. The molecule has 2 fully saturated rings. The second-order valence-electron chi connectivity index (χ2n) is 7.01. The predicted octanol–water partition coefficient (Wildman–Crippen LogP) is 2.87. The summed E-state index contributed by atoms with van der Waals surface area (Å²) in [5.41, 5.74) is 6.55. The summed E-state index contributed by atoms with van der Waals surface area (Å²) in [5, 5.41) is 0. The third-order valence-corrected chi connectivity index (χ3v) is 5.22. The maximum absolute atomic E-state index is 6.12. The quantitative estimate of drug-likeness (QED) is 0.819. The number of hydrogen-bond donors (Lipinski definition) is 1. The maximum Gasteiger partial charge on any atom is 0.00702 e. The van der Waals surface area contributed by atoms with Crippen LogP contribution in [-0.4, -0.2) is 30.6 Å². The Morgan fingerprint density at radius 3 is 2.24 bits per heavy atom. The van der Waals surface area contributed by atoms with Gasteiger partial charge in [0.15, 0.2) is 0 Å². The van der Waals surface area contributed by atoms with Gasteiger partial charge < -0.3 is 5.73 Å². The van der Waals surface area contributed by atoms with Crippen molar-refractivity contribution in [3.8, 4) is 0 Å². The van der Waals surface area contributed by atoms with Crippen molar-refractivity contribution >= 4 is 0 Å². The van der Waals surface area contributed by atoms with Crippen molar-refractivity contribution in [2.45, 2.75) is 58.9 Å². The molecule has 2 atom stereocenters. The van der Waals surface area contributed by atoms with Gasteiger partial charge >= 0.3 is 0 Å². The normalized spacial score (nSPS) is 44.1. The fourth-order valence-corrected chi connectivity index (χ4v) is 3.84. The topological polar surface area (TPSA) is 29.3 Å². The highest BCUT2D eigenvalue weighted by atomic mass is 15.2. The summed E-state index contributed by atoms with van der Waals surface area (Å²) in [6, 6.07) is 0.771. The summed E-state index contributed by atoms with van der Waals surface area (Å²) in [6.07, 6.45) is 6.84. The zero-order valence-corrected chi connectivity index (χ0v) is 11.9. The van der Waals surface area contributed by atoms with E-state index in [0.717, 1.165) is 24.4 Å². The molecule has 0 aromatic heterocycles. The van der Waals surface area contributed by atoms with Gasteiger partial charge in [0.1, 0.15) is 0 Å². The van der Waals surface area contributed by atoms with E-state index in [1.165, 1.54) is 45.2 Å². The highest BCUT2D eigenvalue weighted by molar-refractivity contribution is 4.91. The second-order valence-corrected chi connectivity index (χ2v) is 7.01. The highest BCUT2D eigenvalue weighted by Gasteiger charge is 2.37. The minimum atomic E-state index is 0.435. The molecule has 0 bridgehead atoms. The largest absolute Gasteiger partial charge is 0.330 e. The summed E-state index contributed by atoms with van der Waals surface area (Å²) in [5.74, 6) is 1.80. The molecule has 0 aromatic carbocycles. The van der Waals surface area contributed by atoms with E-state index in [0.29, 0.717) is 5.41 Å². The summed E-state index contributed by atoms with van der Waals surface area (Å²) in [4.78, 5) is 2.70. The van der Waals surface area contributed by atoms with Crippen LogP contribution in [0.4, 0.5) is 0 Å². The van der Waals surface area contributed by atoms with Gasteiger partial charge in [-0.2, -0.15) is 0 Å². The van der Waals surface area contributed by atoms with Crippen molar-refractivity contribution in [1.29, 1.82) is 0 Å². The highest BCUT2D eigenvalue weighted by Crippen LogP contribution is 2.40. The first-order valence-electron chi connectivity index (χ1n) is 7.49. The van der Waals surface area contributed by atoms with Gasteiger partial charge in [-0.05, 0) is 50.0 Å². The minimum Gasteiger partial charge on any atom is -0.330 e. The lowest BCUT2D eigenvalue weighted by Gasteiger charge is -2.42. The van der Waals surface area contributed by atoms with Gasteiger partial charge in [0.2, 0.25) is 0 Å². The Morgan fingerprint density at radius 2 is 1.76 bits per heavy atom. The molecule has 2 aliphatic rings. The standard InChI is InChI=1S/C15H30N2/c1-12-4-6-15(10-16,7-5-12)11-17-9-13(2)8-14(17)3/h12-14H,4-11,16H2,1-3H3. The average Bonchev–Trinajstić information content (AvgIpc) is 2.61. The van der Waals surface area contributed by atoms with E-state index in [4.69, 9.17) is 5.73 Å². The van der Waals surface area contributed by atoms with E-state index in [9.17, 15) is 0 Å². The Balaban J connectivity index is 1.95. The van der Waals surface area contributed by atoms with Crippen molar-refractivity contribution in [3.63, 3.8) is 0 Å². The Bertz CT molecular complexity index is 243. The molecular weight excluding hydrogens is 208 g/mol. The Kier molecular flexibility index (Phi) is 4.14. The Hall–Kier alpha value is -0.0800. The first kappa shape index (κ1) is 13.4. The number of likely N-dealkylation sites (tertiary alicyclic amines) is 1. The smallest absolute Gasteiger partial charge is 0.00702 e. The third-order valence-electron chi connectivity index (χ3n) is 5.22. The monoisotopic (exact) mass is 238 g/mol. The lowest BCUT2D eigenvalue weighted by atomic mass is 9.70. The summed E-state index contributed by atoms with van der Waals surface area (Å²) < 4.78 is 0. The molecule has 1 saturated carbocycles. The van der Waals surface area contributed by atoms with Crippen LogP contribution in [0.15, 0.2) is 0 Å².